The number of hydrogen-bond donors (Lipinski definition) is 1. The van der Waals surface area contributed by atoms with Crippen molar-refractivity contribution in [2.75, 3.05) is 13.2 Å². The van der Waals surface area contributed by atoms with Crippen molar-refractivity contribution in [3.05, 3.63) is 71.6 Å². The van der Waals surface area contributed by atoms with Gasteiger partial charge in [-0.25, -0.2) is 0 Å². The highest BCUT2D eigenvalue weighted by atomic mass is 16.5. The Kier molecular flexibility index (Phi) is 6.13. The van der Waals surface area contributed by atoms with E-state index in [-0.39, 0.29) is 11.0 Å². The minimum atomic E-state index is 0.0597. The summed E-state index contributed by atoms with van der Waals surface area (Å²) in [6.07, 6.45) is 13.8. The molecule has 5 rings (SSSR count). The molecule has 2 unspecified atom stereocenters. The van der Waals surface area contributed by atoms with Crippen molar-refractivity contribution in [2.45, 2.75) is 74.8 Å². The zero-order chi connectivity index (χ0) is 21.9. The number of rotatable bonds is 5. The third kappa shape index (κ3) is 4.12. The molecule has 2 atom stereocenters. The number of allylic oxidation sites excluding steroid dienone is 2. The number of benzene rings is 1. The van der Waals surface area contributed by atoms with Gasteiger partial charge in [-0.15, -0.1) is 0 Å². The molecule has 0 amide bonds. The summed E-state index contributed by atoms with van der Waals surface area (Å²) in [6, 6.07) is 17.5. The molecule has 0 bridgehead atoms. The van der Waals surface area contributed by atoms with Crippen LogP contribution in [0.1, 0.15) is 80.7 Å². The van der Waals surface area contributed by atoms with Gasteiger partial charge in [0.1, 0.15) is 0 Å². The van der Waals surface area contributed by atoms with Gasteiger partial charge in [0.05, 0.1) is 11.7 Å². The molecule has 1 aromatic heterocycles. The van der Waals surface area contributed by atoms with Crippen LogP contribution in [0.2, 0.25) is 0 Å². The number of nitrogens with one attached hydrogen (secondary N) is 1. The Labute approximate surface area is 191 Å². The molecule has 1 spiro atoms. The minimum absolute atomic E-state index is 0.0597. The second kappa shape index (κ2) is 9.17. The quantitative estimate of drug-likeness (QED) is 0.607. The molecule has 2 fully saturated rings. The van der Waals surface area contributed by atoms with Crippen molar-refractivity contribution in [3.63, 3.8) is 0 Å². The lowest BCUT2D eigenvalue weighted by atomic mass is 9.68. The Bertz CT molecular complexity index is 1000. The van der Waals surface area contributed by atoms with Gasteiger partial charge in [0.15, 0.2) is 0 Å². The van der Waals surface area contributed by atoms with Gasteiger partial charge in [-0.05, 0) is 80.3 Å². The monoisotopic (exact) mass is 427 g/mol. The normalized spacial score (nSPS) is 27.8. The average Bonchev–Trinajstić information content (AvgIpc) is 3.28. The standard InChI is InChI=1S/C28H33N3O/c29-17-12-22-10-11-25(24-8-2-1-7-23(22)24)30-19-15-27(26-9-3-6-18-31-26)16-20-32-28(21-27)13-4-5-14-28/h1-3,6-9,12,18,25,30H,4-5,10-11,13-16,19-21H2. The fourth-order valence-electron chi connectivity index (χ4n) is 6.40. The summed E-state index contributed by atoms with van der Waals surface area (Å²) in [5, 5.41) is 13.0. The summed E-state index contributed by atoms with van der Waals surface area (Å²) in [6.45, 7) is 1.80. The summed E-state index contributed by atoms with van der Waals surface area (Å²) in [5.74, 6) is 0. The van der Waals surface area contributed by atoms with Crippen LogP contribution in [-0.4, -0.2) is 23.7 Å². The Hall–Kier alpha value is -2.48. The first-order valence-electron chi connectivity index (χ1n) is 12.2. The molecule has 32 heavy (non-hydrogen) atoms. The van der Waals surface area contributed by atoms with Gasteiger partial charge in [0, 0.05) is 36.0 Å². The number of pyridine rings is 1. The summed E-state index contributed by atoms with van der Waals surface area (Å²) < 4.78 is 6.40. The molecule has 4 nitrogen and oxygen atoms in total. The number of nitriles is 1. The number of fused-ring (bicyclic) bond motifs is 1. The predicted octanol–water partition coefficient (Wildman–Crippen LogP) is 5.86. The van der Waals surface area contributed by atoms with Crippen LogP contribution in [0.15, 0.2) is 54.7 Å². The van der Waals surface area contributed by atoms with Gasteiger partial charge in [0.25, 0.3) is 0 Å². The maximum absolute atomic E-state index is 9.16. The molecule has 4 heteroatoms. The first kappa shape index (κ1) is 21.4. The second-order valence-corrected chi connectivity index (χ2v) is 9.84. The number of hydrogen-bond acceptors (Lipinski definition) is 4. The molecule has 1 aromatic carbocycles. The summed E-state index contributed by atoms with van der Waals surface area (Å²) >= 11 is 0. The van der Waals surface area contributed by atoms with E-state index in [1.807, 2.05) is 12.3 Å². The molecule has 1 saturated carbocycles. The highest BCUT2D eigenvalue weighted by molar-refractivity contribution is 5.72. The first-order chi connectivity index (χ1) is 15.7. The molecular formula is C28H33N3O. The molecule has 2 aliphatic carbocycles. The summed E-state index contributed by atoms with van der Waals surface area (Å²) in [7, 11) is 0. The number of aromatic nitrogens is 1. The SMILES string of the molecule is N#CC=C1CCC(NCCC2(c3ccccn3)CCOC3(CCCC3)C2)c2ccccc21. The van der Waals surface area contributed by atoms with Crippen LogP contribution < -0.4 is 5.32 Å². The van der Waals surface area contributed by atoms with E-state index in [2.05, 4.69) is 47.8 Å². The van der Waals surface area contributed by atoms with Crippen LogP contribution in [0.4, 0.5) is 0 Å². The Morgan fingerprint density at radius 3 is 2.78 bits per heavy atom. The van der Waals surface area contributed by atoms with Gasteiger partial charge in [-0.1, -0.05) is 43.2 Å². The third-order valence-corrected chi connectivity index (χ3v) is 7.99. The van der Waals surface area contributed by atoms with Crippen molar-refractivity contribution in [1.82, 2.24) is 10.3 Å². The van der Waals surface area contributed by atoms with Crippen LogP contribution in [0.25, 0.3) is 5.57 Å². The molecule has 166 valence electrons. The van der Waals surface area contributed by atoms with Gasteiger partial charge in [-0.2, -0.15) is 5.26 Å². The van der Waals surface area contributed by atoms with Crippen LogP contribution in [0, 0.1) is 11.3 Å². The molecular weight excluding hydrogens is 394 g/mol. The highest BCUT2D eigenvalue weighted by Crippen LogP contribution is 2.49. The molecule has 0 radical (unpaired) electrons. The van der Waals surface area contributed by atoms with Crippen LogP contribution in [0.3, 0.4) is 0 Å². The molecule has 1 N–H and O–H groups in total. The zero-order valence-electron chi connectivity index (χ0n) is 18.9. The minimum Gasteiger partial charge on any atom is -0.375 e. The summed E-state index contributed by atoms with van der Waals surface area (Å²) in [5.41, 5.74) is 5.10. The fraction of sp³-hybridized carbons (Fsp3) is 0.500. The van der Waals surface area contributed by atoms with Gasteiger partial charge in [-0.3, -0.25) is 4.98 Å². The molecule has 3 aliphatic rings. The van der Waals surface area contributed by atoms with E-state index in [1.54, 1.807) is 6.08 Å². The maximum Gasteiger partial charge on any atom is 0.0915 e. The van der Waals surface area contributed by atoms with Crippen molar-refractivity contribution in [1.29, 1.82) is 5.26 Å². The average molecular weight is 428 g/mol. The third-order valence-electron chi connectivity index (χ3n) is 7.99. The first-order valence-corrected chi connectivity index (χ1v) is 12.2. The lowest BCUT2D eigenvalue weighted by molar-refractivity contribution is -0.104. The van der Waals surface area contributed by atoms with E-state index >= 15 is 0 Å². The van der Waals surface area contributed by atoms with E-state index < -0.39 is 0 Å². The lowest BCUT2D eigenvalue weighted by Gasteiger charge is -2.46. The summed E-state index contributed by atoms with van der Waals surface area (Å²) in [4.78, 5) is 4.84. The predicted molar refractivity (Wildman–Crippen MR) is 127 cm³/mol. The molecule has 2 aromatic rings. The van der Waals surface area contributed by atoms with Crippen LogP contribution in [0.5, 0.6) is 0 Å². The maximum atomic E-state index is 9.16. The highest BCUT2D eigenvalue weighted by Gasteiger charge is 2.48. The van der Waals surface area contributed by atoms with Gasteiger partial charge >= 0.3 is 0 Å². The Balaban J connectivity index is 1.34. The fourth-order valence-corrected chi connectivity index (χ4v) is 6.40. The van der Waals surface area contributed by atoms with Crippen molar-refractivity contribution < 1.29 is 4.74 Å². The topological polar surface area (TPSA) is 57.9 Å². The zero-order valence-corrected chi connectivity index (χ0v) is 18.9. The molecule has 2 heterocycles. The molecule has 1 aliphatic heterocycles. The van der Waals surface area contributed by atoms with Crippen molar-refractivity contribution in [2.24, 2.45) is 0 Å². The van der Waals surface area contributed by atoms with E-state index in [9.17, 15) is 0 Å². The molecule has 1 saturated heterocycles. The van der Waals surface area contributed by atoms with Crippen molar-refractivity contribution in [3.8, 4) is 6.07 Å². The van der Waals surface area contributed by atoms with E-state index in [0.717, 1.165) is 45.3 Å². The van der Waals surface area contributed by atoms with E-state index in [1.165, 1.54) is 48.1 Å². The van der Waals surface area contributed by atoms with E-state index in [0.29, 0.717) is 6.04 Å². The van der Waals surface area contributed by atoms with Gasteiger partial charge < -0.3 is 10.1 Å². The van der Waals surface area contributed by atoms with E-state index in [4.69, 9.17) is 15.0 Å². The Morgan fingerprint density at radius 1 is 1.12 bits per heavy atom. The number of nitrogens with zero attached hydrogens (tertiary/aromatic N) is 2. The van der Waals surface area contributed by atoms with Crippen LogP contribution in [-0.2, 0) is 10.2 Å². The Morgan fingerprint density at radius 2 is 1.97 bits per heavy atom. The lowest BCUT2D eigenvalue weighted by Crippen LogP contribution is -2.47. The number of ether oxygens (including phenoxy) is 1. The largest absolute Gasteiger partial charge is 0.375 e. The van der Waals surface area contributed by atoms with Crippen molar-refractivity contribution >= 4 is 5.57 Å². The smallest absolute Gasteiger partial charge is 0.0915 e. The van der Waals surface area contributed by atoms with Gasteiger partial charge in [0.2, 0.25) is 0 Å². The van der Waals surface area contributed by atoms with Crippen LogP contribution >= 0.6 is 0 Å². The second-order valence-electron chi connectivity index (χ2n) is 9.84.